The number of hydrogen-bond donors (Lipinski definition) is 1. The summed E-state index contributed by atoms with van der Waals surface area (Å²) in [4.78, 5) is 0. The van der Waals surface area contributed by atoms with Gasteiger partial charge >= 0.3 is 0 Å². The van der Waals surface area contributed by atoms with E-state index in [-0.39, 0.29) is 0 Å². The number of nitrogens with one attached hydrogen (secondary N) is 1. The molecule has 0 aliphatic heterocycles. The maximum absolute atomic E-state index is 5.60. The van der Waals surface area contributed by atoms with Crippen molar-refractivity contribution in [1.82, 2.24) is 5.32 Å². The Morgan fingerprint density at radius 3 is 2.59 bits per heavy atom. The normalized spacial score (nSPS) is 12.5. The third-order valence-electron chi connectivity index (χ3n) is 2.78. The van der Waals surface area contributed by atoms with Crippen molar-refractivity contribution < 1.29 is 9.47 Å². The first-order valence-corrected chi connectivity index (χ1v) is 6.23. The third kappa shape index (κ3) is 4.02. The van der Waals surface area contributed by atoms with Crippen LogP contribution in [-0.2, 0) is 11.3 Å². The molecule has 1 aromatic carbocycles. The fourth-order valence-corrected chi connectivity index (χ4v) is 1.66. The summed E-state index contributed by atoms with van der Waals surface area (Å²) in [6.45, 7) is 8.14. The quantitative estimate of drug-likeness (QED) is 0.791. The summed E-state index contributed by atoms with van der Waals surface area (Å²) in [5.41, 5.74) is 2.37. The number of ether oxygens (including phenoxy) is 2. The monoisotopic (exact) mass is 237 g/mol. The van der Waals surface area contributed by atoms with Gasteiger partial charge in [0.2, 0.25) is 0 Å². The first kappa shape index (κ1) is 14.0. The molecule has 0 saturated heterocycles. The molecular formula is C14H23NO2. The molecular weight excluding hydrogens is 214 g/mol. The molecule has 3 heteroatoms. The Hall–Kier alpha value is -1.06. The molecule has 1 unspecified atom stereocenters. The lowest BCUT2D eigenvalue weighted by atomic mass is 10.0. The molecule has 0 radical (unpaired) electrons. The molecule has 96 valence electrons. The second-order valence-corrected chi connectivity index (χ2v) is 3.95. The van der Waals surface area contributed by atoms with Crippen molar-refractivity contribution in [3.63, 3.8) is 0 Å². The van der Waals surface area contributed by atoms with Crippen molar-refractivity contribution in [3.05, 3.63) is 29.3 Å². The summed E-state index contributed by atoms with van der Waals surface area (Å²) >= 11 is 0. The summed E-state index contributed by atoms with van der Waals surface area (Å²) < 4.78 is 11.1. The molecule has 0 heterocycles. The Labute approximate surface area is 104 Å². The van der Waals surface area contributed by atoms with Crippen molar-refractivity contribution in [3.8, 4) is 5.75 Å². The Bertz CT molecular complexity index is 339. The molecule has 0 aliphatic rings. The van der Waals surface area contributed by atoms with E-state index in [4.69, 9.17) is 9.47 Å². The zero-order chi connectivity index (χ0) is 12.7. The van der Waals surface area contributed by atoms with Crippen LogP contribution in [0.5, 0.6) is 5.75 Å². The van der Waals surface area contributed by atoms with Crippen molar-refractivity contribution in [1.29, 1.82) is 0 Å². The molecule has 1 aromatic rings. The lowest BCUT2D eigenvalue weighted by Gasteiger charge is -2.15. The average Bonchev–Trinajstić information content (AvgIpc) is 2.37. The van der Waals surface area contributed by atoms with Crippen LogP contribution in [0.15, 0.2) is 18.2 Å². The van der Waals surface area contributed by atoms with Gasteiger partial charge in [0.1, 0.15) is 5.75 Å². The molecule has 0 saturated carbocycles. The Balaban J connectivity index is 2.92. The van der Waals surface area contributed by atoms with E-state index in [2.05, 4.69) is 24.4 Å². The zero-order valence-corrected chi connectivity index (χ0v) is 11.2. The SMILES string of the molecule is CCOCc1cc(C(C)NC)ccc1OCC. The van der Waals surface area contributed by atoms with Crippen LogP contribution in [0.4, 0.5) is 0 Å². The third-order valence-corrected chi connectivity index (χ3v) is 2.78. The largest absolute Gasteiger partial charge is 0.494 e. The molecule has 0 spiro atoms. The van der Waals surface area contributed by atoms with Gasteiger partial charge in [0.15, 0.2) is 0 Å². The van der Waals surface area contributed by atoms with E-state index in [0.29, 0.717) is 19.3 Å². The lowest BCUT2D eigenvalue weighted by Crippen LogP contribution is -2.13. The van der Waals surface area contributed by atoms with Gasteiger partial charge < -0.3 is 14.8 Å². The van der Waals surface area contributed by atoms with Crippen LogP contribution in [0.3, 0.4) is 0 Å². The van der Waals surface area contributed by atoms with E-state index in [0.717, 1.165) is 17.9 Å². The van der Waals surface area contributed by atoms with E-state index >= 15 is 0 Å². The first-order chi connectivity index (χ1) is 8.22. The number of rotatable bonds is 7. The molecule has 17 heavy (non-hydrogen) atoms. The highest BCUT2D eigenvalue weighted by Crippen LogP contribution is 2.24. The van der Waals surface area contributed by atoms with Gasteiger partial charge in [0.05, 0.1) is 13.2 Å². The van der Waals surface area contributed by atoms with Crippen LogP contribution in [-0.4, -0.2) is 20.3 Å². The van der Waals surface area contributed by atoms with Gasteiger partial charge in [-0.15, -0.1) is 0 Å². The average molecular weight is 237 g/mol. The highest BCUT2D eigenvalue weighted by Gasteiger charge is 2.08. The van der Waals surface area contributed by atoms with Crippen molar-refractivity contribution in [2.24, 2.45) is 0 Å². The van der Waals surface area contributed by atoms with Gasteiger partial charge in [0.25, 0.3) is 0 Å². The Morgan fingerprint density at radius 2 is 2.00 bits per heavy atom. The van der Waals surface area contributed by atoms with E-state index in [1.165, 1.54) is 5.56 Å². The maximum atomic E-state index is 5.60. The van der Waals surface area contributed by atoms with E-state index in [1.807, 2.05) is 27.0 Å². The molecule has 1 N–H and O–H groups in total. The smallest absolute Gasteiger partial charge is 0.124 e. The maximum Gasteiger partial charge on any atom is 0.124 e. The molecule has 1 atom stereocenters. The van der Waals surface area contributed by atoms with E-state index in [9.17, 15) is 0 Å². The summed E-state index contributed by atoms with van der Waals surface area (Å²) in [5, 5.41) is 3.23. The number of benzene rings is 1. The van der Waals surface area contributed by atoms with Crippen LogP contribution < -0.4 is 10.1 Å². The van der Waals surface area contributed by atoms with Crippen molar-refractivity contribution in [2.75, 3.05) is 20.3 Å². The van der Waals surface area contributed by atoms with Crippen LogP contribution >= 0.6 is 0 Å². The first-order valence-electron chi connectivity index (χ1n) is 6.23. The van der Waals surface area contributed by atoms with Crippen LogP contribution in [0.2, 0.25) is 0 Å². The van der Waals surface area contributed by atoms with Crippen LogP contribution in [0, 0.1) is 0 Å². The standard InChI is InChI=1S/C14H23NO2/c1-5-16-10-13-9-12(11(3)15-4)7-8-14(13)17-6-2/h7-9,11,15H,5-6,10H2,1-4H3. The van der Waals surface area contributed by atoms with Gasteiger partial charge in [0, 0.05) is 18.2 Å². The van der Waals surface area contributed by atoms with Crippen molar-refractivity contribution in [2.45, 2.75) is 33.4 Å². The van der Waals surface area contributed by atoms with Gasteiger partial charge in [-0.1, -0.05) is 6.07 Å². The lowest BCUT2D eigenvalue weighted by molar-refractivity contribution is 0.131. The Morgan fingerprint density at radius 1 is 1.24 bits per heavy atom. The molecule has 0 aromatic heterocycles. The summed E-state index contributed by atoms with van der Waals surface area (Å²) in [5.74, 6) is 0.924. The molecule has 0 aliphatic carbocycles. The van der Waals surface area contributed by atoms with E-state index < -0.39 is 0 Å². The summed E-state index contributed by atoms with van der Waals surface area (Å²) in [6, 6.07) is 6.62. The van der Waals surface area contributed by atoms with E-state index in [1.54, 1.807) is 0 Å². The fraction of sp³-hybridized carbons (Fsp3) is 0.571. The fourth-order valence-electron chi connectivity index (χ4n) is 1.66. The molecule has 0 bridgehead atoms. The molecule has 0 fully saturated rings. The van der Waals surface area contributed by atoms with Gasteiger partial charge in [-0.2, -0.15) is 0 Å². The van der Waals surface area contributed by atoms with Gasteiger partial charge in [-0.25, -0.2) is 0 Å². The summed E-state index contributed by atoms with van der Waals surface area (Å²) in [7, 11) is 1.96. The topological polar surface area (TPSA) is 30.5 Å². The minimum absolute atomic E-state index is 0.339. The van der Waals surface area contributed by atoms with Crippen LogP contribution in [0.1, 0.15) is 37.9 Å². The minimum Gasteiger partial charge on any atom is -0.494 e. The molecule has 1 rings (SSSR count). The van der Waals surface area contributed by atoms with Gasteiger partial charge in [-0.05, 0) is 45.5 Å². The second kappa shape index (κ2) is 7.30. The van der Waals surface area contributed by atoms with Crippen molar-refractivity contribution >= 4 is 0 Å². The minimum atomic E-state index is 0.339. The predicted octanol–water partition coefficient (Wildman–Crippen LogP) is 2.90. The highest BCUT2D eigenvalue weighted by atomic mass is 16.5. The predicted molar refractivity (Wildman–Crippen MR) is 70.4 cm³/mol. The second-order valence-electron chi connectivity index (χ2n) is 3.95. The van der Waals surface area contributed by atoms with Gasteiger partial charge in [-0.3, -0.25) is 0 Å². The highest BCUT2D eigenvalue weighted by molar-refractivity contribution is 5.38. The molecule has 0 amide bonds. The van der Waals surface area contributed by atoms with Crippen LogP contribution in [0.25, 0.3) is 0 Å². The zero-order valence-electron chi connectivity index (χ0n) is 11.2. The number of hydrogen-bond acceptors (Lipinski definition) is 3. The summed E-state index contributed by atoms with van der Waals surface area (Å²) in [6.07, 6.45) is 0. The molecule has 3 nitrogen and oxygen atoms in total. The Kier molecular flexibility index (Phi) is 6.01.